The van der Waals surface area contributed by atoms with E-state index in [1.165, 1.54) is 0 Å². The minimum absolute atomic E-state index is 0.732. The lowest BCUT2D eigenvalue weighted by Crippen LogP contribution is -2.23. The number of nitrogens with zero attached hydrogens (tertiary/aromatic N) is 4. The number of hydrogen-bond acceptors (Lipinski definition) is 4. The minimum atomic E-state index is 0.732. The molecular formula is C19H20N4. The molecule has 0 bridgehead atoms. The van der Waals surface area contributed by atoms with E-state index in [1.54, 1.807) is 12.4 Å². The average Bonchev–Trinajstić information content (AvgIpc) is 2.64. The molecule has 0 unspecified atom stereocenters. The molecule has 0 aliphatic heterocycles. The Bertz CT molecular complexity index is 695. The topological polar surface area (TPSA) is 41.9 Å². The summed E-state index contributed by atoms with van der Waals surface area (Å²) >= 11 is 0. The van der Waals surface area contributed by atoms with Crippen LogP contribution in [0.5, 0.6) is 0 Å². The summed E-state index contributed by atoms with van der Waals surface area (Å²) in [5.41, 5.74) is 3.01. The van der Waals surface area contributed by atoms with Crippen LogP contribution in [0.4, 0.5) is 5.82 Å². The Labute approximate surface area is 136 Å². The highest BCUT2D eigenvalue weighted by atomic mass is 15.2. The van der Waals surface area contributed by atoms with Crippen molar-refractivity contribution >= 4 is 5.82 Å². The summed E-state index contributed by atoms with van der Waals surface area (Å²) in [5, 5.41) is 0. The number of pyridine rings is 1. The molecule has 0 saturated carbocycles. The van der Waals surface area contributed by atoms with Crippen LogP contribution in [0.15, 0.2) is 60.9 Å². The van der Waals surface area contributed by atoms with Crippen LogP contribution in [0.1, 0.15) is 13.8 Å². The Morgan fingerprint density at radius 1 is 0.826 bits per heavy atom. The average molecular weight is 304 g/mol. The summed E-state index contributed by atoms with van der Waals surface area (Å²) in [6, 6.07) is 16.2. The second-order valence-corrected chi connectivity index (χ2v) is 5.21. The number of aromatic nitrogens is 3. The van der Waals surface area contributed by atoms with E-state index in [1.807, 2.05) is 30.3 Å². The molecule has 4 heteroatoms. The van der Waals surface area contributed by atoms with Gasteiger partial charge in [0.2, 0.25) is 0 Å². The predicted molar refractivity (Wildman–Crippen MR) is 94.3 cm³/mol. The van der Waals surface area contributed by atoms with E-state index < -0.39 is 0 Å². The lowest BCUT2D eigenvalue weighted by molar-refractivity contribution is 0.843. The molecule has 2 aromatic heterocycles. The van der Waals surface area contributed by atoms with Gasteiger partial charge in [0.25, 0.3) is 0 Å². The maximum absolute atomic E-state index is 4.76. The number of benzene rings is 1. The first-order chi connectivity index (χ1) is 11.3. The molecule has 1 aromatic carbocycles. The molecule has 0 amide bonds. The molecule has 116 valence electrons. The normalized spacial score (nSPS) is 10.5. The van der Waals surface area contributed by atoms with E-state index >= 15 is 0 Å². The maximum atomic E-state index is 4.76. The standard InChI is InChI=1S/C19H20N4/c1-3-23(4-2)18-14-17(15-8-6-5-7-9-15)21-19(22-18)16-10-12-20-13-11-16/h5-14H,3-4H2,1-2H3. The summed E-state index contributed by atoms with van der Waals surface area (Å²) in [4.78, 5) is 15.8. The molecule has 23 heavy (non-hydrogen) atoms. The first kappa shape index (κ1) is 15.2. The Morgan fingerprint density at radius 3 is 2.17 bits per heavy atom. The van der Waals surface area contributed by atoms with Gasteiger partial charge in [-0.2, -0.15) is 0 Å². The third-order valence-corrected chi connectivity index (χ3v) is 3.81. The van der Waals surface area contributed by atoms with Crippen molar-refractivity contribution in [3.63, 3.8) is 0 Å². The minimum Gasteiger partial charge on any atom is -0.357 e. The molecule has 0 aliphatic rings. The van der Waals surface area contributed by atoms with Gasteiger partial charge in [-0.05, 0) is 26.0 Å². The first-order valence-electron chi connectivity index (χ1n) is 7.91. The molecule has 0 fully saturated rings. The zero-order chi connectivity index (χ0) is 16.1. The van der Waals surface area contributed by atoms with Crippen LogP contribution in [0, 0.1) is 0 Å². The molecule has 0 N–H and O–H groups in total. The van der Waals surface area contributed by atoms with Gasteiger partial charge in [-0.15, -0.1) is 0 Å². The van der Waals surface area contributed by atoms with Crippen LogP contribution in [-0.4, -0.2) is 28.0 Å². The van der Waals surface area contributed by atoms with Crippen LogP contribution in [0.3, 0.4) is 0 Å². The molecule has 0 spiro atoms. The quantitative estimate of drug-likeness (QED) is 0.713. The fourth-order valence-electron chi connectivity index (χ4n) is 2.53. The van der Waals surface area contributed by atoms with Crippen LogP contribution < -0.4 is 4.90 Å². The third-order valence-electron chi connectivity index (χ3n) is 3.81. The molecule has 4 nitrogen and oxygen atoms in total. The molecule has 2 heterocycles. The largest absolute Gasteiger partial charge is 0.357 e. The Kier molecular flexibility index (Phi) is 4.62. The van der Waals surface area contributed by atoms with Crippen molar-refractivity contribution in [2.45, 2.75) is 13.8 Å². The van der Waals surface area contributed by atoms with Crippen molar-refractivity contribution in [1.82, 2.24) is 15.0 Å². The highest BCUT2D eigenvalue weighted by Crippen LogP contribution is 2.25. The first-order valence-corrected chi connectivity index (χ1v) is 7.91. The second-order valence-electron chi connectivity index (χ2n) is 5.21. The van der Waals surface area contributed by atoms with Gasteiger partial charge in [-0.1, -0.05) is 30.3 Å². The van der Waals surface area contributed by atoms with Gasteiger partial charge in [-0.25, -0.2) is 9.97 Å². The van der Waals surface area contributed by atoms with Gasteiger partial charge in [0.15, 0.2) is 5.82 Å². The zero-order valence-corrected chi connectivity index (χ0v) is 13.5. The monoisotopic (exact) mass is 304 g/mol. The van der Waals surface area contributed by atoms with Gasteiger partial charge in [0.1, 0.15) is 5.82 Å². The second kappa shape index (κ2) is 7.01. The van der Waals surface area contributed by atoms with E-state index in [0.717, 1.165) is 41.6 Å². The summed E-state index contributed by atoms with van der Waals surface area (Å²) in [5.74, 6) is 1.69. The molecular weight excluding hydrogens is 284 g/mol. The van der Waals surface area contributed by atoms with Crippen molar-refractivity contribution < 1.29 is 0 Å². The van der Waals surface area contributed by atoms with E-state index in [4.69, 9.17) is 9.97 Å². The van der Waals surface area contributed by atoms with Crippen LogP contribution in [-0.2, 0) is 0 Å². The van der Waals surface area contributed by atoms with E-state index in [-0.39, 0.29) is 0 Å². The smallest absolute Gasteiger partial charge is 0.162 e. The van der Waals surface area contributed by atoms with Crippen molar-refractivity contribution in [2.24, 2.45) is 0 Å². The van der Waals surface area contributed by atoms with Crippen LogP contribution in [0.25, 0.3) is 22.6 Å². The number of rotatable bonds is 5. The molecule has 0 radical (unpaired) electrons. The molecule has 0 aliphatic carbocycles. The number of hydrogen-bond donors (Lipinski definition) is 0. The Hall–Kier alpha value is -2.75. The van der Waals surface area contributed by atoms with E-state index in [2.05, 4.69) is 41.9 Å². The SMILES string of the molecule is CCN(CC)c1cc(-c2ccccc2)nc(-c2ccncc2)n1. The molecule has 0 atom stereocenters. The molecule has 3 aromatic rings. The van der Waals surface area contributed by atoms with Crippen molar-refractivity contribution in [1.29, 1.82) is 0 Å². The molecule has 3 rings (SSSR count). The van der Waals surface area contributed by atoms with E-state index in [9.17, 15) is 0 Å². The highest BCUT2D eigenvalue weighted by Gasteiger charge is 2.11. The van der Waals surface area contributed by atoms with Gasteiger partial charge in [0, 0.05) is 42.7 Å². The summed E-state index contributed by atoms with van der Waals surface area (Å²) in [6.07, 6.45) is 3.54. The summed E-state index contributed by atoms with van der Waals surface area (Å²) < 4.78 is 0. The van der Waals surface area contributed by atoms with Crippen molar-refractivity contribution in [3.05, 3.63) is 60.9 Å². The lowest BCUT2D eigenvalue weighted by atomic mass is 10.1. The fourth-order valence-corrected chi connectivity index (χ4v) is 2.53. The Balaban J connectivity index is 2.15. The van der Waals surface area contributed by atoms with Crippen LogP contribution >= 0.6 is 0 Å². The molecule has 0 saturated heterocycles. The van der Waals surface area contributed by atoms with Gasteiger partial charge >= 0.3 is 0 Å². The van der Waals surface area contributed by atoms with Gasteiger partial charge < -0.3 is 4.90 Å². The fraction of sp³-hybridized carbons (Fsp3) is 0.211. The lowest BCUT2D eigenvalue weighted by Gasteiger charge is -2.21. The van der Waals surface area contributed by atoms with Crippen molar-refractivity contribution in [3.8, 4) is 22.6 Å². The predicted octanol–water partition coefficient (Wildman–Crippen LogP) is 4.05. The van der Waals surface area contributed by atoms with Gasteiger partial charge in [-0.3, -0.25) is 4.98 Å². The zero-order valence-electron chi connectivity index (χ0n) is 13.5. The van der Waals surface area contributed by atoms with Gasteiger partial charge in [0.05, 0.1) is 5.69 Å². The summed E-state index contributed by atoms with van der Waals surface area (Å²) in [6.45, 7) is 6.11. The number of anilines is 1. The van der Waals surface area contributed by atoms with E-state index in [0.29, 0.717) is 0 Å². The van der Waals surface area contributed by atoms with Crippen LogP contribution in [0.2, 0.25) is 0 Å². The Morgan fingerprint density at radius 2 is 1.52 bits per heavy atom. The summed E-state index contributed by atoms with van der Waals surface area (Å²) in [7, 11) is 0. The maximum Gasteiger partial charge on any atom is 0.162 e. The van der Waals surface area contributed by atoms with Crippen molar-refractivity contribution in [2.75, 3.05) is 18.0 Å². The third kappa shape index (κ3) is 3.37. The highest BCUT2D eigenvalue weighted by molar-refractivity contribution is 5.67.